The largest absolute Gasteiger partial charge is 0.457 e. The highest BCUT2D eigenvalue weighted by atomic mass is 16.5. The molecule has 116 valence electrons. The van der Waals surface area contributed by atoms with Crippen LogP contribution in [-0.2, 0) is 16.1 Å². The Bertz CT molecular complexity index is 484. The summed E-state index contributed by atoms with van der Waals surface area (Å²) in [6.07, 6.45) is 7.42. The summed E-state index contributed by atoms with van der Waals surface area (Å²) in [4.78, 5) is 12.2. The van der Waals surface area contributed by atoms with Crippen molar-refractivity contribution in [2.24, 2.45) is 17.8 Å². The van der Waals surface area contributed by atoms with Crippen LogP contribution >= 0.6 is 0 Å². The van der Waals surface area contributed by atoms with E-state index in [0.717, 1.165) is 12.0 Å². The second-order valence-corrected chi connectivity index (χ2v) is 6.91. The Hall–Kier alpha value is -1.38. The third-order valence-corrected chi connectivity index (χ3v) is 4.56. The smallest absolute Gasteiger partial charge is 0.372 e. The minimum atomic E-state index is -0.115. The number of nitrogens with zero attached hydrogens (tertiary/aromatic N) is 1. The van der Waals surface area contributed by atoms with Crippen molar-refractivity contribution in [3.05, 3.63) is 30.1 Å². The van der Waals surface area contributed by atoms with E-state index < -0.39 is 0 Å². The molecule has 3 atom stereocenters. The molecule has 1 saturated carbocycles. The van der Waals surface area contributed by atoms with Crippen molar-refractivity contribution in [3.8, 4) is 0 Å². The molecule has 0 unspecified atom stereocenters. The highest BCUT2D eigenvalue weighted by Crippen LogP contribution is 2.35. The molecule has 1 fully saturated rings. The van der Waals surface area contributed by atoms with Crippen LogP contribution in [0.4, 0.5) is 0 Å². The lowest BCUT2D eigenvalue weighted by atomic mass is 9.75. The molecule has 1 aromatic rings. The third-order valence-electron chi connectivity index (χ3n) is 4.56. The highest BCUT2D eigenvalue weighted by Gasteiger charge is 2.33. The van der Waals surface area contributed by atoms with Crippen LogP contribution in [0.2, 0.25) is 0 Å². The summed E-state index contributed by atoms with van der Waals surface area (Å²) in [5.41, 5.74) is 1.15. The average molecular weight is 290 g/mol. The molecule has 3 heteroatoms. The Labute approximate surface area is 128 Å². The van der Waals surface area contributed by atoms with Crippen molar-refractivity contribution in [3.63, 3.8) is 0 Å². The summed E-state index contributed by atoms with van der Waals surface area (Å²) in [5, 5.41) is 0. The summed E-state index contributed by atoms with van der Waals surface area (Å²) in [6, 6.07) is 3.99. The number of aryl methyl sites for hydroxylation is 1. The second kappa shape index (κ2) is 7.06. The molecule has 0 aromatic carbocycles. The monoisotopic (exact) mass is 290 g/mol. The molecular weight excluding hydrogens is 262 g/mol. The number of carbonyl (C=O) groups excluding carboxylic acids is 1. The summed E-state index contributed by atoms with van der Waals surface area (Å²) >= 11 is 0. The molecular formula is C18H28NO2+. The van der Waals surface area contributed by atoms with Gasteiger partial charge in [-0.25, -0.2) is 4.79 Å². The van der Waals surface area contributed by atoms with Crippen LogP contribution in [0, 0.1) is 24.7 Å². The van der Waals surface area contributed by atoms with Crippen LogP contribution in [0.1, 0.15) is 45.6 Å². The first-order valence-corrected chi connectivity index (χ1v) is 8.11. The lowest BCUT2D eigenvalue weighted by Gasteiger charge is -2.36. The first-order chi connectivity index (χ1) is 9.95. The van der Waals surface area contributed by atoms with Gasteiger partial charge in [-0.2, -0.15) is 4.57 Å². The topological polar surface area (TPSA) is 30.2 Å². The Morgan fingerprint density at radius 3 is 2.86 bits per heavy atom. The van der Waals surface area contributed by atoms with E-state index in [-0.39, 0.29) is 12.1 Å². The summed E-state index contributed by atoms with van der Waals surface area (Å²) in [6.45, 7) is 9.05. The van der Waals surface area contributed by atoms with Gasteiger partial charge in [0.25, 0.3) is 0 Å². The van der Waals surface area contributed by atoms with E-state index in [9.17, 15) is 4.79 Å². The number of carbonyl (C=O) groups is 1. The highest BCUT2D eigenvalue weighted by molar-refractivity contribution is 5.67. The fourth-order valence-electron chi connectivity index (χ4n) is 3.36. The number of aromatic nitrogens is 1. The van der Waals surface area contributed by atoms with Crippen LogP contribution in [0.3, 0.4) is 0 Å². The van der Waals surface area contributed by atoms with Gasteiger partial charge in [-0.1, -0.05) is 27.2 Å². The van der Waals surface area contributed by atoms with Crippen molar-refractivity contribution in [1.29, 1.82) is 0 Å². The molecule has 0 bridgehead atoms. The van der Waals surface area contributed by atoms with E-state index in [1.807, 2.05) is 36.0 Å². The molecule has 1 aliphatic carbocycles. The predicted octanol–water partition coefficient (Wildman–Crippen LogP) is 3.29. The van der Waals surface area contributed by atoms with E-state index in [0.29, 0.717) is 24.3 Å². The molecule has 1 aliphatic rings. The molecule has 21 heavy (non-hydrogen) atoms. The van der Waals surface area contributed by atoms with Gasteiger partial charge in [-0.15, -0.1) is 0 Å². The van der Waals surface area contributed by atoms with Crippen molar-refractivity contribution < 1.29 is 14.1 Å². The zero-order valence-corrected chi connectivity index (χ0v) is 13.7. The van der Waals surface area contributed by atoms with Gasteiger partial charge in [0, 0.05) is 11.6 Å². The maximum Gasteiger partial charge on any atom is 0.372 e. The Morgan fingerprint density at radius 1 is 1.43 bits per heavy atom. The molecule has 1 heterocycles. The van der Waals surface area contributed by atoms with E-state index >= 15 is 0 Å². The van der Waals surface area contributed by atoms with Crippen molar-refractivity contribution in [1.82, 2.24) is 0 Å². The van der Waals surface area contributed by atoms with Crippen molar-refractivity contribution >= 4 is 5.97 Å². The fourth-order valence-corrected chi connectivity index (χ4v) is 3.36. The molecule has 0 saturated heterocycles. The van der Waals surface area contributed by atoms with Crippen LogP contribution < -0.4 is 4.57 Å². The third kappa shape index (κ3) is 4.55. The van der Waals surface area contributed by atoms with Crippen LogP contribution in [-0.4, -0.2) is 12.1 Å². The van der Waals surface area contributed by atoms with Gasteiger partial charge < -0.3 is 4.74 Å². The molecule has 0 spiro atoms. The number of esters is 1. The Morgan fingerprint density at radius 2 is 2.19 bits per heavy atom. The van der Waals surface area contributed by atoms with Crippen molar-refractivity contribution in [2.75, 3.05) is 0 Å². The molecule has 1 aromatic heterocycles. The van der Waals surface area contributed by atoms with Crippen LogP contribution in [0.15, 0.2) is 24.5 Å². The van der Waals surface area contributed by atoms with Gasteiger partial charge in [-0.3, -0.25) is 0 Å². The van der Waals surface area contributed by atoms with Gasteiger partial charge in [0.2, 0.25) is 6.54 Å². The maximum atomic E-state index is 12.2. The molecule has 0 amide bonds. The number of hydrogen-bond acceptors (Lipinski definition) is 2. The molecule has 3 nitrogen and oxygen atoms in total. The Balaban J connectivity index is 1.96. The van der Waals surface area contributed by atoms with Gasteiger partial charge in [0.15, 0.2) is 12.4 Å². The lowest BCUT2D eigenvalue weighted by molar-refractivity contribution is -0.686. The van der Waals surface area contributed by atoms with Crippen LogP contribution in [0.5, 0.6) is 0 Å². The molecule has 2 rings (SSSR count). The number of ether oxygens (including phenoxy) is 1. The van der Waals surface area contributed by atoms with E-state index in [1.165, 1.54) is 12.8 Å². The van der Waals surface area contributed by atoms with Gasteiger partial charge in [-0.05, 0) is 43.6 Å². The molecule has 0 aliphatic heterocycles. The Kier molecular flexibility index (Phi) is 5.38. The first kappa shape index (κ1) is 16.0. The normalized spacial score (nSPS) is 25.9. The first-order valence-electron chi connectivity index (χ1n) is 8.11. The molecule has 0 radical (unpaired) electrons. The number of hydrogen-bond donors (Lipinski definition) is 0. The summed E-state index contributed by atoms with van der Waals surface area (Å²) < 4.78 is 7.72. The quantitative estimate of drug-likeness (QED) is 0.629. The predicted molar refractivity (Wildman–Crippen MR) is 82.6 cm³/mol. The molecule has 0 N–H and O–H groups in total. The van der Waals surface area contributed by atoms with Crippen molar-refractivity contribution in [2.45, 2.75) is 59.6 Å². The van der Waals surface area contributed by atoms with Gasteiger partial charge in [0.1, 0.15) is 6.10 Å². The lowest BCUT2D eigenvalue weighted by Crippen LogP contribution is -2.42. The van der Waals surface area contributed by atoms with E-state index in [4.69, 9.17) is 4.74 Å². The second-order valence-electron chi connectivity index (χ2n) is 6.91. The summed E-state index contributed by atoms with van der Waals surface area (Å²) in [7, 11) is 0. The zero-order chi connectivity index (χ0) is 15.4. The zero-order valence-electron chi connectivity index (χ0n) is 13.7. The summed E-state index contributed by atoms with van der Waals surface area (Å²) in [5.74, 6) is 1.62. The minimum Gasteiger partial charge on any atom is -0.457 e. The van der Waals surface area contributed by atoms with Gasteiger partial charge >= 0.3 is 5.97 Å². The fraction of sp³-hybridized carbons (Fsp3) is 0.667. The number of rotatable bonds is 4. The maximum absolute atomic E-state index is 12.2. The number of pyridine rings is 1. The minimum absolute atomic E-state index is 0.0895. The van der Waals surface area contributed by atoms with Crippen LogP contribution in [0.25, 0.3) is 0 Å². The average Bonchev–Trinajstić information content (AvgIpc) is 2.38. The van der Waals surface area contributed by atoms with E-state index in [1.54, 1.807) is 0 Å². The van der Waals surface area contributed by atoms with Gasteiger partial charge in [0.05, 0.1) is 0 Å². The SMILES string of the molecule is Cc1ccc[n+](CC(=O)O[C@H]2C[C@H](C)CC[C@@H]2C(C)C)c1. The van der Waals surface area contributed by atoms with E-state index in [2.05, 4.69) is 20.8 Å². The standard InChI is InChI=1S/C18H28NO2/c1-13(2)16-8-7-14(3)10-17(16)21-18(20)12-19-9-5-6-15(4)11-19/h5-6,9,11,13-14,16-17H,7-8,10,12H2,1-4H3/q+1/t14-,16-,17+/m1/s1.